The van der Waals surface area contributed by atoms with Gasteiger partial charge in [-0.3, -0.25) is 9.69 Å². The van der Waals surface area contributed by atoms with E-state index in [0.29, 0.717) is 6.54 Å². The summed E-state index contributed by atoms with van der Waals surface area (Å²) in [4.78, 5) is 13.6. The Kier molecular flexibility index (Phi) is 5.56. The molecule has 1 rings (SSSR count). The fourth-order valence-corrected chi connectivity index (χ4v) is 2.62. The molecule has 0 spiro atoms. The summed E-state index contributed by atoms with van der Waals surface area (Å²) in [5, 5.41) is 9.91. The first-order valence-corrected chi connectivity index (χ1v) is 6.69. The molecule has 1 fully saturated rings. The highest BCUT2D eigenvalue weighted by atomic mass is 16.5. The van der Waals surface area contributed by atoms with Gasteiger partial charge in [0.2, 0.25) is 5.91 Å². The van der Waals surface area contributed by atoms with E-state index in [9.17, 15) is 9.90 Å². The first-order valence-electron chi connectivity index (χ1n) is 6.69. The number of rotatable bonds is 7. The van der Waals surface area contributed by atoms with Gasteiger partial charge in [0.05, 0.1) is 24.4 Å². The van der Waals surface area contributed by atoms with E-state index in [0.717, 1.165) is 25.7 Å². The Balaban J connectivity index is 2.52. The second kappa shape index (κ2) is 6.50. The fourth-order valence-electron chi connectivity index (χ4n) is 2.62. The molecule has 5 nitrogen and oxygen atoms in total. The zero-order chi connectivity index (χ0) is 13.8. The lowest BCUT2D eigenvalue weighted by Gasteiger charge is -2.37. The molecule has 1 atom stereocenters. The predicted molar refractivity (Wildman–Crippen MR) is 70.1 cm³/mol. The minimum absolute atomic E-state index is 0.0986. The highest BCUT2D eigenvalue weighted by Crippen LogP contribution is 2.34. The van der Waals surface area contributed by atoms with E-state index in [2.05, 4.69) is 0 Å². The van der Waals surface area contributed by atoms with E-state index in [1.54, 1.807) is 0 Å². The molecule has 0 aliphatic heterocycles. The molecule has 18 heavy (non-hydrogen) atoms. The standard InChI is InChI=1S/C13H26N2O3/c1-10(2)18-9-11(16)8-15(3)13(12(14)17)6-4-5-7-13/h10-11,16H,4-9H2,1-3H3,(H2,14,17). The number of aliphatic hydroxyl groups excluding tert-OH is 1. The molecule has 0 bridgehead atoms. The molecule has 0 radical (unpaired) electrons. The van der Waals surface area contributed by atoms with Crippen molar-refractivity contribution in [2.75, 3.05) is 20.2 Å². The molecule has 0 aromatic rings. The number of ether oxygens (including phenoxy) is 1. The Bertz CT molecular complexity index is 275. The number of likely N-dealkylation sites (N-methyl/N-ethyl adjacent to an activating group) is 1. The maximum atomic E-state index is 11.7. The summed E-state index contributed by atoms with van der Waals surface area (Å²) in [5.41, 5.74) is 4.97. The lowest BCUT2D eigenvalue weighted by atomic mass is 9.94. The number of β-amino-alcohol motifs (C(OH)–C–C–N with tert-alkyl or cyclic N) is 1. The van der Waals surface area contributed by atoms with Gasteiger partial charge in [0.15, 0.2) is 0 Å². The number of carbonyl (C=O) groups is 1. The molecule has 3 N–H and O–H groups in total. The minimum atomic E-state index is -0.589. The molecule has 0 aromatic heterocycles. The van der Waals surface area contributed by atoms with E-state index >= 15 is 0 Å². The Labute approximate surface area is 109 Å². The number of primary amides is 1. The predicted octanol–water partition coefficient (Wildman–Crippen LogP) is 0.502. The van der Waals surface area contributed by atoms with Crippen molar-refractivity contribution in [1.29, 1.82) is 0 Å². The van der Waals surface area contributed by atoms with Crippen LogP contribution in [0.15, 0.2) is 0 Å². The van der Waals surface area contributed by atoms with Gasteiger partial charge in [-0.2, -0.15) is 0 Å². The highest BCUT2D eigenvalue weighted by Gasteiger charge is 2.43. The lowest BCUT2D eigenvalue weighted by Crippen LogP contribution is -2.56. The van der Waals surface area contributed by atoms with Gasteiger partial charge in [-0.25, -0.2) is 0 Å². The smallest absolute Gasteiger partial charge is 0.237 e. The number of nitrogens with two attached hydrogens (primary N) is 1. The van der Waals surface area contributed by atoms with Crippen molar-refractivity contribution in [1.82, 2.24) is 4.90 Å². The number of nitrogens with zero attached hydrogens (tertiary/aromatic N) is 1. The molecule has 106 valence electrons. The molecule has 1 amide bonds. The number of hydrogen-bond donors (Lipinski definition) is 2. The van der Waals surface area contributed by atoms with E-state index in [1.807, 2.05) is 25.8 Å². The van der Waals surface area contributed by atoms with Crippen molar-refractivity contribution in [2.45, 2.75) is 57.3 Å². The maximum Gasteiger partial charge on any atom is 0.237 e. The number of carbonyl (C=O) groups excluding carboxylic acids is 1. The molecule has 5 heteroatoms. The summed E-state index contributed by atoms with van der Waals surface area (Å²) in [6, 6.07) is 0. The van der Waals surface area contributed by atoms with Crippen molar-refractivity contribution in [3.05, 3.63) is 0 Å². The molecule has 0 saturated heterocycles. The Hall–Kier alpha value is -0.650. The van der Waals surface area contributed by atoms with Crippen LogP contribution >= 0.6 is 0 Å². The maximum absolute atomic E-state index is 11.7. The van der Waals surface area contributed by atoms with Gasteiger partial charge < -0.3 is 15.6 Å². The second-order valence-electron chi connectivity index (χ2n) is 5.52. The van der Waals surface area contributed by atoms with Crippen LogP contribution in [0.25, 0.3) is 0 Å². The van der Waals surface area contributed by atoms with E-state index in [-0.39, 0.29) is 18.6 Å². The van der Waals surface area contributed by atoms with E-state index in [4.69, 9.17) is 10.5 Å². The summed E-state index contributed by atoms with van der Waals surface area (Å²) in [6.07, 6.45) is 3.13. The largest absolute Gasteiger partial charge is 0.389 e. The number of amides is 1. The van der Waals surface area contributed by atoms with Gasteiger partial charge in [0.1, 0.15) is 0 Å². The molecule has 1 aliphatic rings. The van der Waals surface area contributed by atoms with Crippen LogP contribution in [0.4, 0.5) is 0 Å². The van der Waals surface area contributed by atoms with Gasteiger partial charge in [-0.1, -0.05) is 12.8 Å². The minimum Gasteiger partial charge on any atom is -0.389 e. The third kappa shape index (κ3) is 3.67. The monoisotopic (exact) mass is 258 g/mol. The molecular weight excluding hydrogens is 232 g/mol. The average Bonchev–Trinajstić information content (AvgIpc) is 2.76. The molecule has 0 aromatic carbocycles. The zero-order valence-electron chi connectivity index (χ0n) is 11.7. The number of hydrogen-bond acceptors (Lipinski definition) is 4. The van der Waals surface area contributed by atoms with Crippen molar-refractivity contribution in [3.63, 3.8) is 0 Å². The van der Waals surface area contributed by atoms with Crippen LogP contribution in [-0.4, -0.2) is 53.9 Å². The SMILES string of the molecule is CC(C)OCC(O)CN(C)C1(C(N)=O)CCCC1. The van der Waals surface area contributed by atoms with E-state index < -0.39 is 11.6 Å². The van der Waals surface area contributed by atoms with Crippen molar-refractivity contribution in [2.24, 2.45) is 5.73 Å². The highest BCUT2D eigenvalue weighted by molar-refractivity contribution is 5.85. The Morgan fingerprint density at radius 1 is 1.44 bits per heavy atom. The first-order chi connectivity index (χ1) is 8.38. The van der Waals surface area contributed by atoms with Crippen LogP contribution in [0.1, 0.15) is 39.5 Å². The molecule has 0 heterocycles. The summed E-state index contributed by atoms with van der Waals surface area (Å²) < 4.78 is 5.37. The van der Waals surface area contributed by atoms with Gasteiger partial charge in [-0.05, 0) is 33.7 Å². The third-order valence-corrected chi connectivity index (χ3v) is 3.73. The van der Waals surface area contributed by atoms with Crippen molar-refractivity contribution in [3.8, 4) is 0 Å². The van der Waals surface area contributed by atoms with Crippen LogP contribution in [-0.2, 0) is 9.53 Å². The Morgan fingerprint density at radius 3 is 2.44 bits per heavy atom. The Morgan fingerprint density at radius 2 is 2.00 bits per heavy atom. The summed E-state index contributed by atoms with van der Waals surface area (Å²) in [6.45, 7) is 4.56. The molecule has 1 saturated carbocycles. The van der Waals surface area contributed by atoms with Crippen molar-refractivity contribution < 1.29 is 14.6 Å². The van der Waals surface area contributed by atoms with Crippen LogP contribution in [0.2, 0.25) is 0 Å². The zero-order valence-corrected chi connectivity index (χ0v) is 11.7. The van der Waals surface area contributed by atoms with Crippen LogP contribution in [0, 0.1) is 0 Å². The quantitative estimate of drug-likeness (QED) is 0.697. The first kappa shape index (κ1) is 15.4. The van der Waals surface area contributed by atoms with Crippen molar-refractivity contribution >= 4 is 5.91 Å². The van der Waals surface area contributed by atoms with Gasteiger partial charge in [0.25, 0.3) is 0 Å². The van der Waals surface area contributed by atoms with Gasteiger partial charge >= 0.3 is 0 Å². The summed E-state index contributed by atoms with van der Waals surface area (Å²) in [5.74, 6) is -0.278. The lowest BCUT2D eigenvalue weighted by molar-refractivity contribution is -0.130. The molecular formula is C13H26N2O3. The topological polar surface area (TPSA) is 75.8 Å². The number of aliphatic hydroxyl groups is 1. The van der Waals surface area contributed by atoms with Crippen LogP contribution in [0.3, 0.4) is 0 Å². The summed E-state index contributed by atoms with van der Waals surface area (Å²) >= 11 is 0. The molecule has 1 aliphatic carbocycles. The van der Waals surface area contributed by atoms with Crippen LogP contribution in [0.5, 0.6) is 0 Å². The summed E-state index contributed by atoms with van der Waals surface area (Å²) in [7, 11) is 1.86. The third-order valence-electron chi connectivity index (χ3n) is 3.73. The second-order valence-corrected chi connectivity index (χ2v) is 5.52. The molecule has 1 unspecified atom stereocenters. The normalized spacial score (nSPS) is 20.6. The van der Waals surface area contributed by atoms with Gasteiger partial charge in [-0.15, -0.1) is 0 Å². The van der Waals surface area contributed by atoms with E-state index in [1.165, 1.54) is 0 Å². The average molecular weight is 258 g/mol. The van der Waals surface area contributed by atoms with Gasteiger partial charge in [0, 0.05) is 6.54 Å². The van der Waals surface area contributed by atoms with Crippen LogP contribution < -0.4 is 5.73 Å². The fraction of sp³-hybridized carbons (Fsp3) is 0.923.